The Kier molecular flexibility index (Phi) is 12.9. The van der Waals surface area contributed by atoms with Crippen molar-refractivity contribution in [2.24, 2.45) is 11.8 Å². The highest BCUT2D eigenvalue weighted by molar-refractivity contribution is 9.09. The number of allylic oxidation sites excluding steroid dienone is 1. The fourth-order valence-electron chi connectivity index (χ4n) is 8.06. The van der Waals surface area contributed by atoms with Gasteiger partial charge >= 0.3 is 5.97 Å². The van der Waals surface area contributed by atoms with Crippen molar-refractivity contribution >= 4 is 39.6 Å². The number of nitrogens with one attached hydrogen (secondary N) is 1. The summed E-state index contributed by atoms with van der Waals surface area (Å²) in [5, 5.41) is 13.8. The predicted molar refractivity (Wildman–Crippen MR) is 198 cm³/mol. The number of carbonyl (C=O) groups excluding carboxylic acids is 4. The molecule has 1 spiro atoms. The number of esters is 1. The Morgan fingerprint density at radius 2 is 1.82 bits per heavy atom. The van der Waals surface area contributed by atoms with Crippen LogP contribution in [0, 0.1) is 11.8 Å². The summed E-state index contributed by atoms with van der Waals surface area (Å²) < 4.78 is 13.0. The van der Waals surface area contributed by atoms with Crippen molar-refractivity contribution in [3.05, 3.63) is 97.1 Å². The fraction of sp³-hybridized carbons (Fsp3) is 0.500. The summed E-state index contributed by atoms with van der Waals surface area (Å²) in [5.74, 6) is -3.61. The van der Waals surface area contributed by atoms with Crippen LogP contribution in [-0.4, -0.2) is 93.0 Å². The van der Waals surface area contributed by atoms with E-state index in [1.54, 1.807) is 24.0 Å². The van der Waals surface area contributed by atoms with Crippen LogP contribution < -0.4 is 5.32 Å². The van der Waals surface area contributed by atoms with Gasteiger partial charge in [0.2, 0.25) is 17.7 Å². The summed E-state index contributed by atoms with van der Waals surface area (Å²) in [6.07, 6.45) is 4.74. The molecule has 274 valence electrons. The van der Waals surface area contributed by atoms with Crippen LogP contribution in [0.1, 0.15) is 63.2 Å². The predicted octanol–water partition coefficient (Wildman–Crippen LogP) is 4.91. The summed E-state index contributed by atoms with van der Waals surface area (Å²) in [6, 6.07) is 16.3. The van der Waals surface area contributed by atoms with Crippen molar-refractivity contribution in [2.45, 2.75) is 93.1 Å². The first kappa shape index (κ1) is 38.4. The number of halogens is 1. The highest BCUT2D eigenvalue weighted by atomic mass is 79.9. The minimum Gasteiger partial charge on any atom is -0.455 e. The molecular formula is C40H50BrN3O7. The molecule has 11 heteroatoms. The maximum Gasteiger partial charge on any atom is 0.313 e. The van der Waals surface area contributed by atoms with E-state index in [2.05, 4.69) is 34.4 Å². The summed E-state index contributed by atoms with van der Waals surface area (Å²) in [7, 11) is 0. The van der Waals surface area contributed by atoms with Crippen molar-refractivity contribution in [3.8, 4) is 0 Å². The molecule has 0 radical (unpaired) electrons. The molecule has 3 aliphatic heterocycles. The van der Waals surface area contributed by atoms with Crippen LogP contribution in [0.5, 0.6) is 0 Å². The minimum atomic E-state index is -1.33. The van der Waals surface area contributed by atoms with Crippen LogP contribution in [0.3, 0.4) is 0 Å². The van der Waals surface area contributed by atoms with Gasteiger partial charge in [0.25, 0.3) is 0 Å². The maximum atomic E-state index is 14.9. The van der Waals surface area contributed by atoms with Crippen LogP contribution in [0.25, 0.3) is 0 Å². The highest BCUT2D eigenvalue weighted by Gasteiger charge is 2.77. The van der Waals surface area contributed by atoms with Gasteiger partial charge in [-0.05, 0) is 43.7 Å². The Balaban J connectivity index is 1.53. The molecule has 3 fully saturated rings. The molecule has 5 rings (SSSR count). The van der Waals surface area contributed by atoms with E-state index in [4.69, 9.17) is 9.47 Å². The van der Waals surface area contributed by atoms with Gasteiger partial charge in [-0.25, -0.2) is 0 Å². The first-order valence-corrected chi connectivity index (χ1v) is 18.9. The van der Waals surface area contributed by atoms with E-state index in [-0.39, 0.29) is 36.2 Å². The number of rotatable bonds is 18. The Morgan fingerprint density at radius 1 is 1.14 bits per heavy atom. The number of ether oxygens (including phenoxy) is 2. The Bertz CT molecular complexity index is 1560. The summed E-state index contributed by atoms with van der Waals surface area (Å²) >= 11 is 3.75. The van der Waals surface area contributed by atoms with E-state index in [9.17, 15) is 24.3 Å². The molecule has 3 saturated heterocycles. The van der Waals surface area contributed by atoms with Gasteiger partial charge < -0.3 is 29.7 Å². The zero-order valence-corrected chi connectivity index (χ0v) is 31.1. The molecule has 10 nitrogen and oxygen atoms in total. The highest BCUT2D eigenvalue weighted by Crippen LogP contribution is 2.61. The molecule has 3 aliphatic rings. The number of nitrogens with zero attached hydrogens (tertiary/aromatic N) is 2. The third kappa shape index (κ3) is 7.85. The molecule has 9 atom stereocenters. The summed E-state index contributed by atoms with van der Waals surface area (Å²) in [5.41, 5.74) is 0.246. The third-order valence-electron chi connectivity index (χ3n) is 10.4. The standard InChI is InChI=1S/C40H50BrN3O7/c1-5-8-20-31(46)42-26(4)34(28-18-14-11-15-19-28)50-39(49)32-33-37(47)44(29(25-45)23-27-16-12-10-13-17-27)36(40(33)24-30(41)35(32)51-40)38(48)43(21-7-3)22-9-6-2/h5,7,10-19,26,29-30,32-36,45H,1,3,6,8-9,20-25H2,2,4H3,(H,42,46)/t26-,29-,30?,32+,33-,34-,35+,36+,40-/m1/s1. The Morgan fingerprint density at radius 3 is 2.45 bits per heavy atom. The number of likely N-dealkylation sites (tertiary alicyclic amines) is 1. The molecule has 0 aliphatic carbocycles. The lowest BCUT2D eigenvalue weighted by Gasteiger charge is -2.39. The molecular weight excluding hydrogens is 714 g/mol. The van der Waals surface area contributed by atoms with E-state index >= 15 is 0 Å². The van der Waals surface area contributed by atoms with Crippen LogP contribution in [0.2, 0.25) is 0 Å². The van der Waals surface area contributed by atoms with Crippen molar-refractivity contribution in [3.63, 3.8) is 0 Å². The average molecular weight is 765 g/mol. The number of alkyl halides is 1. The number of hydrogen-bond acceptors (Lipinski definition) is 7. The van der Waals surface area contributed by atoms with Crippen molar-refractivity contribution < 1.29 is 33.8 Å². The SMILES string of the molecule is C=CCCC(=O)N[C@H](C)[C@@H](OC(=O)[C@@H]1[C@H]2O[C@@]3(CC2Br)[C@H](C(=O)N(CC=C)CCCC)N([C@@H](CO)Cc2ccccc2)C(=O)[C@@H]13)c1ccccc1. The number of aliphatic hydroxyl groups excluding tert-OH is 1. The second kappa shape index (κ2) is 17.1. The molecule has 3 amide bonds. The van der Waals surface area contributed by atoms with E-state index < -0.39 is 59.6 Å². The zero-order valence-electron chi connectivity index (χ0n) is 29.5. The number of benzene rings is 2. The van der Waals surface area contributed by atoms with E-state index in [1.165, 1.54) is 4.90 Å². The number of fused-ring (bicyclic) bond motifs is 1. The maximum absolute atomic E-state index is 14.9. The molecule has 0 saturated carbocycles. The van der Waals surface area contributed by atoms with Crippen molar-refractivity contribution in [1.82, 2.24) is 15.1 Å². The zero-order chi connectivity index (χ0) is 36.7. The molecule has 2 bridgehead atoms. The number of carbonyl (C=O) groups is 4. The van der Waals surface area contributed by atoms with Crippen molar-refractivity contribution in [1.29, 1.82) is 0 Å². The molecule has 2 aromatic carbocycles. The first-order valence-electron chi connectivity index (χ1n) is 18.0. The second-order valence-corrected chi connectivity index (χ2v) is 15.0. The van der Waals surface area contributed by atoms with Crippen LogP contribution in [0.15, 0.2) is 86.0 Å². The molecule has 0 aromatic heterocycles. The van der Waals surface area contributed by atoms with Gasteiger partial charge in [0.05, 0.1) is 36.6 Å². The lowest BCUT2D eigenvalue weighted by Crippen LogP contribution is -2.59. The molecule has 3 heterocycles. The smallest absolute Gasteiger partial charge is 0.313 e. The quantitative estimate of drug-likeness (QED) is 0.126. The van der Waals surface area contributed by atoms with E-state index in [0.717, 1.165) is 18.4 Å². The normalized spacial score (nSPS) is 26.5. The van der Waals surface area contributed by atoms with Gasteiger partial charge in [-0.3, -0.25) is 19.2 Å². The van der Waals surface area contributed by atoms with Crippen LogP contribution in [0.4, 0.5) is 0 Å². The number of aliphatic hydroxyl groups is 1. The van der Waals surface area contributed by atoms with E-state index in [1.807, 2.05) is 67.6 Å². The topological polar surface area (TPSA) is 125 Å². The molecule has 2 aromatic rings. The largest absolute Gasteiger partial charge is 0.455 e. The molecule has 2 N–H and O–H groups in total. The second-order valence-electron chi connectivity index (χ2n) is 13.8. The minimum absolute atomic E-state index is 0.203. The lowest BCUT2D eigenvalue weighted by molar-refractivity contribution is -0.162. The third-order valence-corrected chi connectivity index (χ3v) is 11.2. The van der Waals surface area contributed by atoms with Gasteiger partial charge in [0.1, 0.15) is 17.7 Å². The van der Waals surface area contributed by atoms with Gasteiger partial charge in [-0.15, -0.1) is 13.2 Å². The average Bonchev–Trinajstić information content (AvgIpc) is 3.73. The molecule has 51 heavy (non-hydrogen) atoms. The summed E-state index contributed by atoms with van der Waals surface area (Å²) in [4.78, 5) is 59.7. The summed E-state index contributed by atoms with van der Waals surface area (Å²) in [6.45, 7) is 11.7. The Labute approximate surface area is 309 Å². The Hall–Kier alpha value is -3.80. The van der Waals surface area contributed by atoms with Crippen LogP contribution >= 0.6 is 15.9 Å². The van der Waals surface area contributed by atoms with Gasteiger partial charge in [-0.1, -0.05) is 102 Å². The first-order chi connectivity index (χ1) is 24.6. The number of hydrogen-bond donors (Lipinski definition) is 2. The van der Waals surface area contributed by atoms with Gasteiger partial charge in [0, 0.05) is 24.3 Å². The molecule has 1 unspecified atom stereocenters. The van der Waals surface area contributed by atoms with Gasteiger partial charge in [-0.2, -0.15) is 0 Å². The van der Waals surface area contributed by atoms with Gasteiger partial charge in [0.15, 0.2) is 0 Å². The van der Waals surface area contributed by atoms with Crippen LogP contribution in [-0.2, 0) is 35.1 Å². The lowest BCUT2D eigenvalue weighted by atomic mass is 9.70. The number of amides is 3. The van der Waals surface area contributed by atoms with Crippen molar-refractivity contribution in [2.75, 3.05) is 19.7 Å². The monoisotopic (exact) mass is 763 g/mol. The van der Waals surface area contributed by atoms with E-state index in [0.29, 0.717) is 31.4 Å². The number of unbranched alkanes of at least 4 members (excludes halogenated alkanes) is 1. The fourth-order valence-corrected chi connectivity index (χ4v) is 9.00.